The van der Waals surface area contributed by atoms with Crippen molar-refractivity contribution in [2.45, 2.75) is 12.8 Å². The Balaban J connectivity index is 1.82. The summed E-state index contributed by atoms with van der Waals surface area (Å²) < 4.78 is 10.4. The normalized spacial score (nSPS) is 10.1. The molecule has 4 nitrogen and oxygen atoms in total. The monoisotopic (exact) mass is 299 g/mol. The molecule has 0 atom stereocenters. The standard InChI is InChI=1S/C18H21NO3/c1-21-16-8-5-6-14(12-16)10-11-19-18(20)13-15-7-3-4-9-17(15)22-2/h3-9,12H,10-11,13H2,1-2H3,(H,19,20). The van der Waals surface area contributed by atoms with Gasteiger partial charge in [0.2, 0.25) is 5.91 Å². The summed E-state index contributed by atoms with van der Waals surface area (Å²) in [6.07, 6.45) is 1.09. The van der Waals surface area contributed by atoms with Crippen molar-refractivity contribution in [3.05, 3.63) is 59.7 Å². The zero-order chi connectivity index (χ0) is 15.8. The average molecular weight is 299 g/mol. The van der Waals surface area contributed by atoms with E-state index in [9.17, 15) is 4.79 Å². The van der Waals surface area contributed by atoms with Crippen molar-refractivity contribution < 1.29 is 14.3 Å². The van der Waals surface area contributed by atoms with E-state index in [-0.39, 0.29) is 5.91 Å². The number of amides is 1. The first-order chi connectivity index (χ1) is 10.7. The van der Waals surface area contributed by atoms with E-state index in [0.29, 0.717) is 13.0 Å². The Morgan fingerprint density at radius 2 is 1.86 bits per heavy atom. The fraction of sp³-hybridized carbons (Fsp3) is 0.278. The minimum absolute atomic E-state index is 0.00704. The molecular weight excluding hydrogens is 278 g/mol. The van der Waals surface area contributed by atoms with Crippen LogP contribution in [0, 0.1) is 0 Å². The van der Waals surface area contributed by atoms with Gasteiger partial charge in [0.1, 0.15) is 11.5 Å². The molecule has 0 aliphatic carbocycles. The molecule has 116 valence electrons. The Morgan fingerprint density at radius 3 is 2.64 bits per heavy atom. The summed E-state index contributed by atoms with van der Waals surface area (Å²) >= 11 is 0. The first kappa shape index (κ1) is 15.9. The van der Waals surface area contributed by atoms with E-state index in [1.54, 1.807) is 14.2 Å². The number of benzene rings is 2. The smallest absolute Gasteiger partial charge is 0.224 e. The van der Waals surface area contributed by atoms with Crippen LogP contribution in [0.15, 0.2) is 48.5 Å². The lowest BCUT2D eigenvalue weighted by Gasteiger charge is -2.09. The summed E-state index contributed by atoms with van der Waals surface area (Å²) in [4.78, 5) is 12.0. The zero-order valence-electron chi connectivity index (χ0n) is 13.0. The van der Waals surface area contributed by atoms with Gasteiger partial charge in [0, 0.05) is 12.1 Å². The lowest BCUT2D eigenvalue weighted by molar-refractivity contribution is -0.120. The average Bonchev–Trinajstić information content (AvgIpc) is 2.55. The van der Waals surface area contributed by atoms with Crippen LogP contribution in [0.5, 0.6) is 11.5 Å². The van der Waals surface area contributed by atoms with E-state index in [0.717, 1.165) is 29.0 Å². The maximum Gasteiger partial charge on any atom is 0.224 e. The minimum Gasteiger partial charge on any atom is -0.497 e. The Bertz CT molecular complexity index is 625. The van der Waals surface area contributed by atoms with E-state index in [1.165, 1.54) is 0 Å². The molecule has 4 heteroatoms. The maximum atomic E-state index is 12.0. The van der Waals surface area contributed by atoms with Crippen molar-refractivity contribution >= 4 is 5.91 Å². The van der Waals surface area contributed by atoms with Gasteiger partial charge in [-0.2, -0.15) is 0 Å². The Hall–Kier alpha value is -2.49. The van der Waals surface area contributed by atoms with Gasteiger partial charge in [-0.05, 0) is 30.2 Å². The van der Waals surface area contributed by atoms with Gasteiger partial charge in [0.25, 0.3) is 0 Å². The van der Waals surface area contributed by atoms with E-state index in [4.69, 9.17) is 9.47 Å². The Morgan fingerprint density at radius 1 is 1.05 bits per heavy atom. The molecule has 0 aromatic heterocycles. The predicted octanol–water partition coefficient (Wildman–Crippen LogP) is 2.61. The molecule has 22 heavy (non-hydrogen) atoms. The lowest BCUT2D eigenvalue weighted by Crippen LogP contribution is -2.27. The van der Waals surface area contributed by atoms with Crippen molar-refractivity contribution in [3.63, 3.8) is 0 Å². The summed E-state index contributed by atoms with van der Waals surface area (Å²) in [5.74, 6) is 1.57. The molecule has 1 amide bonds. The second-order valence-corrected chi connectivity index (χ2v) is 4.94. The third-order valence-electron chi connectivity index (χ3n) is 3.41. The number of rotatable bonds is 7. The molecule has 0 saturated carbocycles. The minimum atomic E-state index is -0.00704. The first-order valence-electron chi connectivity index (χ1n) is 7.24. The highest BCUT2D eigenvalue weighted by atomic mass is 16.5. The zero-order valence-corrected chi connectivity index (χ0v) is 13.0. The van der Waals surface area contributed by atoms with Crippen LogP contribution in [-0.4, -0.2) is 26.7 Å². The number of carbonyl (C=O) groups excluding carboxylic acids is 1. The number of hydrogen-bond donors (Lipinski definition) is 1. The summed E-state index contributed by atoms with van der Waals surface area (Å²) in [5.41, 5.74) is 2.03. The Kier molecular flexibility index (Phi) is 5.83. The van der Waals surface area contributed by atoms with Crippen LogP contribution in [0.4, 0.5) is 0 Å². The van der Waals surface area contributed by atoms with Gasteiger partial charge in [0.05, 0.1) is 20.6 Å². The third-order valence-corrected chi connectivity index (χ3v) is 3.41. The van der Waals surface area contributed by atoms with Crippen LogP contribution >= 0.6 is 0 Å². The van der Waals surface area contributed by atoms with E-state index >= 15 is 0 Å². The van der Waals surface area contributed by atoms with Gasteiger partial charge in [-0.1, -0.05) is 30.3 Å². The lowest BCUT2D eigenvalue weighted by atomic mass is 10.1. The summed E-state index contributed by atoms with van der Waals surface area (Å²) in [6.45, 7) is 0.598. The van der Waals surface area contributed by atoms with Gasteiger partial charge in [0.15, 0.2) is 0 Å². The fourth-order valence-corrected chi connectivity index (χ4v) is 2.26. The number of methoxy groups -OCH3 is 2. The first-order valence-corrected chi connectivity index (χ1v) is 7.24. The van der Waals surface area contributed by atoms with Crippen LogP contribution in [0.2, 0.25) is 0 Å². The third kappa shape index (κ3) is 4.52. The molecule has 0 radical (unpaired) electrons. The molecule has 0 saturated heterocycles. The number of ether oxygens (including phenoxy) is 2. The van der Waals surface area contributed by atoms with Crippen molar-refractivity contribution in [1.82, 2.24) is 5.32 Å². The molecule has 0 unspecified atom stereocenters. The van der Waals surface area contributed by atoms with Crippen molar-refractivity contribution in [2.24, 2.45) is 0 Å². The second-order valence-electron chi connectivity index (χ2n) is 4.94. The van der Waals surface area contributed by atoms with Crippen LogP contribution in [-0.2, 0) is 17.6 Å². The number of nitrogens with one attached hydrogen (secondary N) is 1. The van der Waals surface area contributed by atoms with Gasteiger partial charge in [-0.15, -0.1) is 0 Å². The molecule has 2 aromatic carbocycles. The van der Waals surface area contributed by atoms with Crippen molar-refractivity contribution in [2.75, 3.05) is 20.8 Å². The van der Waals surface area contributed by atoms with Crippen LogP contribution in [0.1, 0.15) is 11.1 Å². The Labute approximate surface area is 131 Å². The molecule has 2 rings (SSSR count). The van der Waals surface area contributed by atoms with Gasteiger partial charge in [-0.3, -0.25) is 4.79 Å². The largest absolute Gasteiger partial charge is 0.497 e. The molecule has 1 N–H and O–H groups in total. The number of carbonyl (C=O) groups is 1. The SMILES string of the molecule is COc1cccc(CCNC(=O)Cc2ccccc2OC)c1. The highest BCUT2D eigenvalue weighted by molar-refractivity contribution is 5.79. The predicted molar refractivity (Wildman–Crippen MR) is 86.4 cm³/mol. The molecule has 0 fully saturated rings. The van der Waals surface area contributed by atoms with Crippen LogP contribution in [0.3, 0.4) is 0 Å². The van der Waals surface area contributed by atoms with Crippen LogP contribution in [0.25, 0.3) is 0 Å². The van der Waals surface area contributed by atoms with Gasteiger partial charge >= 0.3 is 0 Å². The van der Waals surface area contributed by atoms with E-state index in [2.05, 4.69) is 5.32 Å². The summed E-state index contributed by atoms with van der Waals surface area (Å²) in [7, 11) is 3.26. The van der Waals surface area contributed by atoms with Crippen molar-refractivity contribution in [3.8, 4) is 11.5 Å². The van der Waals surface area contributed by atoms with Gasteiger partial charge in [-0.25, -0.2) is 0 Å². The molecule has 0 heterocycles. The topological polar surface area (TPSA) is 47.6 Å². The number of hydrogen-bond acceptors (Lipinski definition) is 3. The van der Waals surface area contributed by atoms with Crippen molar-refractivity contribution in [1.29, 1.82) is 0 Å². The molecule has 2 aromatic rings. The molecule has 0 bridgehead atoms. The highest BCUT2D eigenvalue weighted by Crippen LogP contribution is 2.17. The van der Waals surface area contributed by atoms with Crippen LogP contribution < -0.4 is 14.8 Å². The quantitative estimate of drug-likeness (QED) is 0.855. The van der Waals surface area contributed by atoms with E-state index in [1.807, 2.05) is 48.5 Å². The maximum absolute atomic E-state index is 12.0. The fourth-order valence-electron chi connectivity index (χ4n) is 2.26. The number of para-hydroxylation sites is 1. The van der Waals surface area contributed by atoms with E-state index < -0.39 is 0 Å². The second kappa shape index (κ2) is 8.08. The molecule has 0 aliphatic heterocycles. The summed E-state index contributed by atoms with van der Waals surface area (Å²) in [6, 6.07) is 15.4. The highest BCUT2D eigenvalue weighted by Gasteiger charge is 2.07. The van der Waals surface area contributed by atoms with Gasteiger partial charge < -0.3 is 14.8 Å². The molecule has 0 aliphatic rings. The molecular formula is C18H21NO3. The molecule has 0 spiro atoms. The summed E-state index contributed by atoms with van der Waals surface area (Å²) in [5, 5.41) is 2.93.